The van der Waals surface area contributed by atoms with Crippen LogP contribution in [0, 0.1) is 39.9 Å². The molecule has 1 unspecified atom stereocenters. The van der Waals surface area contributed by atoms with Crippen molar-refractivity contribution in [3.8, 4) is 0 Å². The van der Waals surface area contributed by atoms with E-state index in [0.717, 1.165) is 76.3 Å². The van der Waals surface area contributed by atoms with Crippen LogP contribution in [0.15, 0.2) is 0 Å². The molecule has 0 radical (unpaired) electrons. The number of alkyl carbamates (subject to hydrolysis) is 1. The largest absolute Gasteiger partial charge is 0.444 e. The van der Waals surface area contributed by atoms with E-state index < -0.39 is 17.3 Å². The van der Waals surface area contributed by atoms with Gasteiger partial charge in [0.1, 0.15) is 5.60 Å². The van der Waals surface area contributed by atoms with Gasteiger partial charge in [-0.25, -0.2) is 9.78 Å². The van der Waals surface area contributed by atoms with Crippen LogP contribution in [0.4, 0.5) is 9.93 Å². The molecule has 4 N–H and O–H groups in total. The Morgan fingerprint density at radius 1 is 0.942 bits per heavy atom. The fourth-order valence-corrected chi connectivity index (χ4v) is 14.0. The molecule has 2 amide bonds. The Morgan fingerprint density at radius 2 is 1.63 bits per heavy atom. The van der Waals surface area contributed by atoms with E-state index in [-0.39, 0.29) is 57.2 Å². The van der Waals surface area contributed by atoms with Crippen LogP contribution in [-0.2, 0) is 26.1 Å². The molecular weight excluding hydrogens is 675 g/mol. The molecule has 294 valence electrons. The molecule has 1 aromatic heterocycles. The maximum absolute atomic E-state index is 13.0. The van der Waals surface area contributed by atoms with E-state index in [9.17, 15) is 19.8 Å². The fourth-order valence-electron chi connectivity index (χ4n) is 12.7. The second-order valence-corrected chi connectivity index (χ2v) is 21.6. The Bertz CT molecular complexity index is 1510. The number of nitrogens with zero attached hydrogens (tertiary/aromatic N) is 1. The van der Waals surface area contributed by atoms with E-state index in [1.807, 2.05) is 34.6 Å². The maximum Gasteiger partial charge on any atom is 0.407 e. The number of ether oxygens (including phenoxy) is 2. The second kappa shape index (κ2) is 13.5. The third kappa shape index (κ3) is 6.87. The Labute approximate surface area is 317 Å². The summed E-state index contributed by atoms with van der Waals surface area (Å²) < 4.78 is 12.0. The summed E-state index contributed by atoms with van der Waals surface area (Å²) in [5, 5.41) is 29.7. The van der Waals surface area contributed by atoms with Crippen molar-refractivity contribution < 1.29 is 29.3 Å². The van der Waals surface area contributed by atoms with Crippen LogP contribution in [0.5, 0.6) is 0 Å². The molecule has 5 aliphatic rings. The maximum atomic E-state index is 13.0. The van der Waals surface area contributed by atoms with Crippen LogP contribution in [0.25, 0.3) is 0 Å². The van der Waals surface area contributed by atoms with E-state index in [0.29, 0.717) is 29.9 Å². The van der Waals surface area contributed by atoms with Crippen LogP contribution < -0.4 is 10.6 Å². The van der Waals surface area contributed by atoms with Crippen molar-refractivity contribution in [1.29, 1.82) is 0 Å². The molecule has 3 saturated carbocycles. The van der Waals surface area contributed by atoms with Gasteiger partial charge in [-0.1, -0.05) is 41.0 Å². The number of unbranched alkanes of at least 4 members (excludes halogenated alkanes) is 2. The first-order chi connectivity index (χ1) is 23.9. The highest BCUT2D eigenvalue weighted by molar-refractivity contribution is 7.15. The predicted octanol–water partition coefficient (Wildman–Crippen LogP) is 8.54. The number of carbonyl (C=O) groups is 2. The minimum Gasteiger partial charge on any atom is -0.444 e. The van der Waals surface area contributed by atoms with E-state index in [4.69, 9.17) is 14.5 Å². The first-order valence-electron chi connectivity index (χ1n) is 20.3. The summed E-state index contributed by atoms with van der Waals surface area (Å²) in [6, 6.07) is 0. The SMILES string of the molecule is CC(C)(C)OC(=O)NCCCCCC(=O)Nc1nc2c(s1)C[C@]1(C)[C@H]3C[C@@H](O)[C@@H]4C([C@]5(C)CC[C@H](C(C)(C)O)O5)CC[C@@]4(C)[C@]3(C)CC[C@H]1C2(C)C. The van der Waals surface area contributed by atoms with Crippen molar-refractivity contribution in [2.75, 3.05) is 11.9 Å². The summed E-state index contributed by atoms with van der Waals surface area (Å²) in [6.45, 7) is 24.3. The van der Waals surface area contributed by atoms with Crippen molar-refractivity contribution in [3.05, 3.63) is 10.6 Å². The summed E-state index contributed by atoms with van der Waals surface area (Å²) in [5.41, 5.74) is -0.653. The van der Waals surface area contributed by atoms with Crippen LogP contribution >= 0.6 is 11.3 Å². The molecule has 52 heavy (non-hydrogen) atoms. The van der Waals surface area contributed by atoms with Crippen LogP contribution in [0.2, 0.25) is 0 Å². The van der Waals surface area contributed by atoms with Gasteiger partial charge < -0.3 is 30.3 Å². The van der Waals surface area contributed by atoms with E-state index >= 15 is 0 Å². The first kappa shape index (κ1) is 39.9. The van der Waals surface area contributed by atoms with Crippen molar-refractivity contribution in [2.45, 2.75) is 188 Å². The van der Waals surface area contributed by atoms with Crippen molar-refractivity contribution in [1.82, 2.24) is 10.3 Å². The number of aliphatic hydroxyl groups is 2. The lowest BCUT2D eigenvalue weighted by atomic mass is 9.35. The lowest BCUT2D eigenvalue weighted by Crippen LogP contribution is -2.66. The number of amides is 2. The third-order valence-electron chi connectivity index (χ3n) is 15.3. The van der Waals surface area contributed by atoms with Gasteiger partial charge in [-0.3, -0.25) is 4.79 Å². The molecule has 6 rings (SSSR count). The summed E-state index contributed by atoms with van der Waals surface area (Å²) in [6.07, 6.45) is 9.80. The zero-order valence-electron chi connectivity index (χ0n) is 34.0. The summed E-state index contributed by atoms with van der Waals surface area (Å²) in [7, 11) is 0. The Kier molecular flexibility index (Phi) is 10.3. The number of carbonyl (C=O) groups excluding carboxylic acids is 2. The first-order valence-corrected chi connectivity index (χ1v) is 21.1. The summed E-state index contributed by atoms with van der Waals surface area (Å²) in [4.78, 5) is 31.3. The van der Waals surface area contributed by atoms with Crippen molar-refractivity contribution >= 4 is 28.5 Å². The molecular formula is C42H69N3O6S. The van der Waals surface area contributed by atoms with Crippen molar-refractivity contribution in [3.63, 3.8) is 0 Å². The van der Waals surface area contributed by atoms with E-state index in [1.54, 1.807) is 11.3 Å². The second-order valence-electron chi connectivity index (χ2n) is 20.5. The third-order valence-corrected chi connectivity index (χ3v) is 16.2. The number of rotatable bonds is 9. The van der Waals surface area contributed by atoms with Gasteiger partial charge in [-0.05, 0) is 146 Å². The highest BCUT2D eigenvalue weighted by Crippen LogP contribution is 2.76. The minimum atomic E-state index is -0.871. The molecule has 1 aromatic rings. The quantitative estimate of drug-likeness (QED) is 0.187. The van der Waals surface area contributed by atoms with E-state index in [1.165, 1.54) is 4.88 Å². The summed E-state index contributed by atoms with van der Waals surface area (Å²) >= 11 is 1.65. The molecule has 1 saturated heterocycles. The molecule has 4 fully saturated rings. The van der Waals surface area contributed by atoms with E-state index in [2.05, 4.69) is 52.2 Å². The average molecular weight is 744 g/mol. The molecule has 10 atom stereocenters. The topological polar surface area (TPSA) is 130 Å². The smallest absolute Gasteiger partial charge is 0.407 e. The number of aliphatic hydroxyl groups excluding tert-OH is 1. The zero-order valence-corrected chi connectivity index (χ0v) is 34.9. The van der Waals surface area contributed by atoms with Gasteiger partial charge in [0.25, 0.3) is 0 Å². The van der Waals surface area contributed by atoms with Gasteiger partial charge in [0, 0.05) is 23.3 Å². The molecule has 1 aliphatic heterocycles. The summed E-state index contributed by atoms with van der Waals surface area (Å²) in [5.74, 6) is 1.24. The highest BCUT2D eigenvalue weighted by Gasteiger charge is 2.72. The minimum absolute atomic E-state index is 0.00251. The fraction of sp³-hybridized carbons (Fsp3) is 0.881. The monoisotopic (exact) mass is 743 g/mol. The Balaban J connectivity index is 1.13. The highest BCUT2D eigenvalue weighted by atomic mass is 32.1. The van der Waals surface area contributed by atoms with Crippen LogP contribution in [-0.4, -0.2) is 62.8 Å². The number of anilines is 1. The molecule has 9 nitrogen and oxygen atoms in total. The number of aromatic nitrogens is 1. The molecule has 0 bridgehead atoms. The molecule has 2 heterocycles. The lowest BCUT2D eigenvalue weighted by Gasteiger charge is -2.69. The number of hydrogen-bond donors (Lipinski definition) is 4. The average Bonchev–Trinajstić information content (AvgIpc) is 3.71. The normalized spacial score (nSPS) is 39.6. The molecule has 0 spiro atoms. The molecule has 4 aliphatic carbocycles. The Hall–Kier alpha value is -1.75. The van der Waals surface area contributed by atoms with Gasteiger partial charge in [0.2, 0.25) is 5.91 Å². The number of fused-ring (bicyclic) bond motifs is 6. The van der Waals surface area contributed by atoms with Gasteiger partial charge in [-0.2, -0.15) is 0 Å². The Morgan fingerprint density at radius 3 is 2.29 bits per heavy atom. The standard InChI is InChI=1S/C42H69N3O6S/c1-36(2,3)51-35(48)43-22-14-12-13-15-31(47)44-34-45-33-27(52-34)24-39(8)28(37(33,4)5)17-20-40(9)29(39)23-26(46)32-25(16-19-41(32,40)10)42(11)21-18-30(50-42)38(6,7)49/h25-26,28-30,32,46,49H,12-24H2,1-11H3,(H,43,48)(H,44,45,47)/t25?,26-,28+,29-,30-,32+,39+,40-,41-,42+/m1/s1. The number of nitrogens with one attached hydrogen (secondary N) is 2. The number of hydrogen-bond acceptors (Lipinski definition) is 8. The zero-order chi connectivity index (χ0) is 38.3. The van der Waals surface area contributed by atoms with Crippen LogP contribution in [0.1, 0.15) is 157 Å². The lowest BCUT2D eigenvalue weighted by molar-refractivity contribution is -0.227. The van der Waals surface area contributed by atoms with Gasteiger partial charge in [-0.15, -0.1) is 11.3 Å². The predicted molar refractivity (Wildman–Crippen MR) is 206 cm³/mol. The van der Waals surface area contributed by atoms with Gasteiger partial charge >= 0.3 is 6.09 Å². The van der Waals surface area contributed by atoms with Crippen LogP contribution in [0.3, 0.4) is 0 Å². The van der Waals surface area contributed by atoms with Gasteiger partial charge in [0.05, 0.1) is 29.1 Å². The number of thiazole rings is 1. The molecule has 0 aromatic carbocycles. The van der Waals surface area contributed by atoms with Gasteiger partial charge in [0.15, 0.2) is 5.13 Å². The molecule has 10 heteroatoms. The van der Waals surface area contributed by atoms with Crippen molar-refractivity contribution in [2.24, 2.45) is 39.9 Å².